The average molecular weight is 276 g/mol. The van der Waals surface area contributed by atoms with Gasteiger partial charge in [-0.25, -0.2) is 8.78 Å². The molecular formula is C12H10F2N6. The molecule has 3 aromatic rings. The fourth-order valence-corrected chi connectivity index (χ4v) is 1.83. The molecule has 0 radical (unpaired) electrons. The molecule has 0 saturated carbocycles. The summed E-state index contributed by atoms with van der Waals surface area (Å²) >= 11 is 0. The van der Waals surface area contributed by atoms with Crippen molar-refractivity contribution in [1.82, 2.24) is 25.3 Å². The van der Waals surface area contributed by atoms with E-state index >= 15 is 0 Å². The molecule has 0 bridgehead atoms. The van der Waals surface area contributed by atoms with Crippen LogP contribution in [0.3, 0.4) is 0 Å². The lowest BCUT2D eigenvalue weighted by Crippen LogP contribution is -2.19. The summed E-state index contributed by atoms with van der Waals surface area (Å²) in [7, 11) is 1.75. The van der Waals surface area contributed by atoms with Gasteiger partial charge in [0.1, 0.15) is 11.6 Å². The molecule has 0 aliphatic rings. The Morgan fingerprint density at radius 2 is 2.05 bits per heavy atom. The zero-order valence-electron chi connectivity index (χ0n) is 10.5. The minimum Gasteiger partial charge on any atom is -0.354 e. The van der Waals surface area contributed by atoms with E-state index in [0.717, 1.165) is 6.07 Å². The van der Waals surface area contributed by atoms with Gasteiger partial charge in [0.15, 0.2) is 11.5 Å². The van der Waals surface area contributed by atoms with E-state index in [0.29, 0.717) is 17.0 Å². The zero-order chi connectivity index (χ0) is 14.1. The van der Waals surface area contributed by atoms with Crippen LogP contribution < -0.4 is 4.90 Å². The lowest BCUT2D eigenvalue weighted by molar-refractivity contribution is 0.570. The Labute approximate surface area is 112 Å². The summed E-state index contributed by atoms with van der Waals surface area (Å²) in [5.41, 5.74) is 0.905. The number of hydrogen-bond acceptors (Lipinski definition) is 5. The minimum atomic E-state index is -0.595. The molecule has 0 atom stereocenters. The Morgan fingerprint density at radius 3 is 2.85 bits per heavy atom. The fourth-order valence-electron chi connectivity index (χ4n) is 1.83. The van der Waals surface area contributed by atoms with Gasteiger partial charge in [-0.1, -0.05) is 6.07 Å². The highest BCUT2D eigenvalue weighted by Gasteiger charge is 2.10. The maximum atomic E-state index is 13.6. The van der Waals surface area contributed by atoms with Gasteiger partial charge in [0.25, 0.3) is 0 Å². The summed E-state index contributed by atoms with van der Waals surface area (Å²) in [6.45, 7) is 0.257. The largest absolute Gasteiger partial charge is 0.354 e. The predicted molar refractivity (Wildman–Crippen MR) is 67.0 cm³/mol. The number of nitrogens with zero attached hydrogens (tertiary/aromatic N) is 6. The Hall–Kier alpha value is -2.64. The second-order valence-corrected chi connectivity index (χ2v) is 4.31. The molecule has 2 heterocycles. The molecule has 0 amide bonds. The minimum absolute atomic E-state index is 0.257. The standard InChI is InChI=1S/C12H10F2N6/c1-19(7-8-2-3-9(13)6-10(8)14)12-5-4-11-15-17-18-20(11)16-12/h2-6H,7H2,1H3. The number of hydrogen-bond donors (Lipinski definition) is 0. The van der Waals surface area contributed by atoms with Crippen LogP contribution in [0.4, 0.5) is 14.6 Å². The van der Waals surface area contributed by atoms with Crippen LogP contribution in [0.2, 0.25) is 0 Å². The van der Waals surface area contributed by atoms with Crippen molar-refractivity contribution >= 4 is 11.5 Å². The second-order valence-electron chi connectivity index (χ2n) is 4.31. The number of aromatic nitrogens is 5. The molecule has 8 heteroatoms. The van der Waals surface area contributed by atoms with Gasteiger partial charge in [-0.15, -0.1) is 14.8 Å². The quantitative estimate of drug-likeness (QED) is 0.724. The van der Waals surface area contributed by atoms with E-state index in [-0.39, 0.29) is 6.54 Å². The first-order chi connectivity index (χ1) is 9.63. The number of halogens is 2. The normalized spacial score (nSPS) is 10.9. The molecule has 0 saturated heterocycles. The van der Waals surface area contributed by atoms with E-state index in [1.165, 1.54) is 16.8 Å². The van der Waals surface area contributed by atoms with Gasteiger partial charge < -0.3 is 4.90 Å². The molecule has 20 heavy (non-hydrogen) atoms. The van der Waals surface area contributed by atoms with Crippen molar-refractivity contribution < 1.29 is 8.78 Å². The molecule has 102 valence electrons. The highest BCUT2D eigenvalue weighted by Crippen LogP contribution is 2.15. The van der Waals surface area contributed by atoms with Crippen molar-refractivity contribution in [3.8, 4) is 0 Å². The third kappa shape index (κ3) is 2.27. The molecule has 0 spiro atoms. The van der Waals surface area contributed by atoms with Crippen molar-refractivity contribution in [2.24, 2.45) is 0 Å². The number of benzene rings is 1. The molecule has 0 unspecified atom stereocenters. The maximum Gasteiger partial charge on any atom is 0.200 e. The van der Waals surface area contributed by atoms with Gasteiger partial charge in [0, 0.05) is 25.2 Å². The van der Waals surface area contributed by atoms with Crippen LogP contribution in [0, 0.1) is 11.6 Å². The summed E-state index contributed by atoms with van der Waals surface area (Å²) in [4.78, 5) is 1.72. The second kappa shape index (κ2) is 4.80. The van der Waals surface area contributed by atoms with Crippen molar-refractivity contribution in [2.75, 3.05) is 11.9 Å². The van der Waals surface area contributed by atoms with E-state index in [4.69, 9.17) is 0 Å². The molecule has 0 N–H and O–H groups in total. The topological polar surface area (TPSA) is 59.2 Å². The van der Waals surface area contributed by atoms with Gasteiger partial charge in [-0.05, 0) is 28.6 Å². The number of fused-ring (bicyclic) bond motifs is 1. The monoisotopic (exact) mass is 276 g/mol. The van der Waals surface area contributed by atoms with Gasteiger partial charge in [0.05, 0.1) is 0 Å². The first-order valence-electron chi connectivity index (χ1n) is 5.84. The molecule has 0 fully saturated rings. The highest BCUT2D eigenvalue weighted by atomic mass is 19.1. The van der Waals surface area contributed by atoms with Crippen LogP contribution in [-0.4, -0.2) is 32.3 Å². The van der Waals surface area contributed by atoms with Crippen molar-refractivity contribution in [1.29, 1.82) is 0 Å². The third-order valence-electron chi connectivity index (χ3n) is 2.87. The van der Waals surface area contributed by atoms with E-state index in [2.05, 4.69) is 20.6 Å². The number of anilines is 1. The van der Waals surface area contributed by atoms with E-state index in [9.17, 15) is 8.78 Å². The number of rotatable bonds is 3. The van der Waals surface area contributed by atoms with Crippen LogP contribution in [0.15, 0.2) is 30.3 Å². The van der Waals surface area contributed by atoms with Crippen LogP contribution in [0.25, 0.3) is 5.65 Å². The van der Waals surface area contributed by atoms with Crippen LogP contribution in [0.5, 0.6) is 0 Å². The van der Waals surface area contributed by atoms with Crippen molar-refractivity contribution in [2.45, 2.75) is 6.54 Å². The lowest BCUT2D eigenvalue weighted by Gasteiger charge is -2.18. The Morgan fingerprint density at radius 1 is 1.20 bits per heavy atom. The van der Waals surface area contributed by atoms with Crippen molar-refractivity contribution in [3.05, 3.63) is 47.5 Å². The molecule has 1 aromatic carbocycles. The Kier molecular flexibility index (Phi) is 2.97. The van der Waals surface area contributed by atoms with Gasteiger partial charge in [-0.3, -0.25) is 0 Å². The molecule has 0 aliphatic heterocycles. The molecule has 2 aromatic heterocycles. The predicted octanol–water partition coefficient (Wildman–Crippen LogP) is 1.43. The van der Waals surface area contributed by atoms with E-state index in [1.54, 1.807) is 24.1 Å². The Bertz CT molecular complexity index is 757. The first kappa shape index (κ1) is 12.4. The summed E-state index contributed by atoms with van der Waals surface area (Å²) in [5.74, 6) is -0.601. The smallest absolute Gasteiger partial charge is 0.200 e. The lowest BCUT2D eigenvalue weighted by atomic mass is 10.2. The van der Waals surface area contributed by atoms with Crippen LogP contribution in [-0.2, 0) is 6.54 Å². The molecular weight excluding hydrogens is 266 g/mol. The highest BCUT2D eigenvalue weighted by molar-refractivity contribution is 5.44. The number of tetrazole rings is 1. The van der Waals surface area contributed by atoms with E-state index < -0.39 is 11.6 Å². The van der Waals surface area contributed by atoms with Crippen molar-refractivity contribution in [3.63, 3.8) is 0 Å². The summed E-state index contributed by atoms with van der Waals surface area (Å²) in [6.07, 6.45) is 0. The van der Waals surface area contributed by atoms with Gasteiger partial charge >= 0.3 is 0 Å². The summed E-state index contributed by atoms with van der Waals surface area (Å²) in [6, 6.07) is 6.94. The van der Waals surface area contributed by atoms with Crippen LogP contribution >= 0.6 is 0 Å². The Balaban J connectivity index is 1.86. The molecule has 0 aliphatic carbocycles. The summed E-state index contributed by atoms with van der Waals surface area (Å²) in [5, 5.41) is 15.1. The summed E-state index contributed by atoms with van der Waals surface area (Å²) < 4.78 is 27.7. The molecule has 6 nitrogen and oxygen atoms in total. The average Bonchev–Trinajstić information content (AvgIpc) is 2.89. The SMILES string of the molecule is CN(Cc1ccc(F)cc1F)c1ccc2nnnn2n1. The van der Waals surface area contributed by atoms with Crippen LogP contribution in [0.1, 0.15) is 5.56 Å². The van der Waals surface area contributed by atoms with Gasteiger partial charge in [-0.2, -0.15) is 0 Å². The third-order valence-corrected chi connectivity index (χ3v) is 2.87. The molecule has 3 rings (SSSR count). The zero-order valence-corrected chi connectivity index (χ0v) is 10.5. The maximum absolute atomic E-state index is 13.6. The first-order valence-corrected chi connectivity index (χ1v) is 5.84. The van der Waals surface area contributed by atoms with Gasteiger partial charge in [0.2, 0.25) is 0 Å². The van der Waals surface area contributed by atoms with E-state index in [1.807, 2.05) is 0 Å². The fraction of sp³-hybridized carbons (Fsp3) is 0.167.